The highest BCUT2D eigenvalue weighted by Crippen LogP contribution is 2.25. The summed E-state index contributed by atoms with van der Waals surface area (Å²) in [5.74, 6) is 1.23. The highest BCUT2D eigenvalue weighted by atomic mass is 15.0. The Labute approximate surface area is 93.9 Å². The first-order valence-electron chi connectivity index (χ1n) is 6.06. The van der Waals surface area contributed by atoms with Crippen LogP contribution in [0.3, 0.4) is 0 Å². The van der Waals surface area contributed by atoms with Crippen LogP contribution in [0.15, 0.2) is 9.98 Å². The second-order valence-corrected chi connectivity index (χ2v) is 5.41. The van der Waals surface area contributed by atoms with Crippen molar-refractivity contribution < 1.29 is 0 Å². The Morgan fingerprint density at radius 1 is 1.40 bits per heavy atom. The van der Waals surface area contributed by atoms with Crippen molar-refractivity contribution in [1.29, 1.82) is 0 Å². The van der Waals surface area contributed by atoms with Gasteiger partial charge in [0.25, 0.3) is 0 Å². The Morgan fingerprint density at radius 3 is 2.60 bits per heavy atom. The van der Waals surface area contributed by atoms with E-state index in [2.05, 4.69) is 39.6 Å². The predicted molar refractivity (Wildman–Crippen MR) is 68.1 cm³/mol. The molecule has 2 atom stereocenters. The quantitative estimate of drug-likeness (QED) is 0.677. The van der Waals surface area contributed by atoms with Gasteiger partial charge in [-0.15, -0.1) is 0 Å². The molecule has 1 rings (SSSR count). The third-order valence-electron chi connectivity index (χ3n) is 3.02. The van der Waals surface area contributed by atoms with Crippen molar-refractivity contribution in [3.63, 3.8) is 0 Å². The average Bonchev–Trinajstić information content (AvgIpc) is 2.14. The van der Waals surface area contributed by atoms with Gasteiger partial charge in [0.05, 0.1) is 17.8 Å². The Bertz CT molecular complexity index is 266. The third kappa shape index (κ3) is 3.44. The van der Waals surface area contributed by atoms with E-state index >= 15 is 0 Å². The van der Waals surface area contributed by atoms with Crippen LogP contribution >= 0.6 is 0 Å². The normalized spacial score (nSPS) is 28.0. The van der Waals surface area contributed by atoms with E-state index in [1.54, 1.807) is 0 Å². The average molecular weight is 208 g/mol. The van der Waals surface area contributed by atoms with E-state index in [1.165, 1.54) is 5.71 Å². The monoisotopic (exact) mass is 208 g/mol. The van der Waals surface area contributed by atoms with Gasteiger partial charge in [-0.1, -0.05) is 27.7 Å². The van der Waals surface area contributed by atoms with Crippen LogP contribution in [0, 0.1) is 11.8 Å². The number of nitrogens with zero attached hydrogens (tertiary/aromatic N) is 2. The Hall–Kier alpha value is -0.660. The fraction of sp³-hybridized carbons (Fsp3) is 0.846. The van der Waals surface area contributed by atoms with Crippen molar-refractivity contribution in [2.45, 2.75) is 53.0 Å². The molecular weight excluding hydrogens is 184 g/mol. The lowest BCUT2D eigenvalue weighted by molar-refractivity contribution is 0.378. The molecule has 0 amide bonds. The minimum Gasteiger partial charge on any atom is -0.289 e. The van der Waals surface area contributed by atoms with Gasteiger partial charge in [-0.3, -0.25) is 9.98 Å². The van der Waals surface area contributed by atoms with Gasteiger partial charge in [0, 0.05) is 6.21 Å². The van der Waals surface area contributed by atoms with Crippen LogP contribution in [0.4, 0.5) is 0 Å². The minimum absolute atomic E-state index is 0.0433. The molecule has 0 aliphatic carbocycles. The molecule has 0 aromatic carbocycles. The number of rotatable bonds is 4. The molecule has 0 fully saturated rings. The summed E-state index contributed by atoms with van der Waals surface area (Å²) in [6.07, 6.45) is 4.24. The summed E-state index contributed by atoms with van der Waals surface area (Å²) in [6, 6.07) is 0. The van der Waals surface area contributed by atoms with Crippen LogP contribution < -0.4 is 0 Å². The maximum absolute atomic E-state index is 4.89. The second kappa shape index (κ2) is 4.91. The fourth-order valence-electron chi connectivity index (χ4n) is 2.15. The van der Waals surface area contributed by atoms with Gasteiger partial charge in [-0.05, 0) is 31.6 Å². The summed E-state index contributed by atoms with van der Waals surface area (Å²) in [6.45, 7) is 12.0. The molecule has 0 radical (unpaired) electrons. The van der Waals surface area contributed by atoms with Crippen molar-refractivity contribution in [1.82, 2.24) is 0 Å². The highest BCUT2D eigenvalue weighted by Gasteiger charge is 2.27. The van der Waals surface area contributed by atoms with Crippen molar-refractivity contribution in [3.8, 4) is 0 Å². The van der Waals surface area contributed by atoms with Gasteiger partial charge in [-0.25, -0.2) is 0 Å². The fourth-order valence-corrected chi connectivity index (χ4v) is 2.15. The van der Waals surface area contributed by atoms with Gasteiger partial charge in [0.15, 0.2) is 0 Å². The van der Waals surface area contributed by atoms with Crippen LogP contribution in [-0.4, -0.2) is 24.0 Å². The summed E-state index contributed by atoms with van der Waals surface area (Å²) in [5, 5.41) is 0. The molecule has 0 spiro atoms. The number of hydrogen-bond donors (Lipinski definition) is 0. The first kappa shape index (κ1) is 12.4. The summed E-state index contributed by atoms with van der Waals surface area (Å²) in [4.78, 5) is 9.37. The van der Waals surface area contributed by atoms with E-state index < -0.39 is 0 Å². The molecule has 0 saturated heterocycles. The molecule has 0 N–H and O–H groups in total. The molecule has 0 bridgehead atoms. The van der Waals surface area contributed by atoms with E-state index in [0.29, 0.717) is 11.8 Å². The van der Waals surface area contributed by atoms with Crippen LogP contribution in [0.2, 0.25) is 0 Å². The van der Waals surface area contributed by atoms with Crippen molar-refractivity contribution in [2.24, 2.45) is 21.8 Å². The van der Waals surface area contributed by atoms with E-state index in [4.69, 9.17) is 4.99 Å². The van der Waals surface area contributed by atoms with Crippen molar-refractivity contribution >= 4 is 11.9 Å². The second-order valence-electron chi connectivity index (χ2n) is 5.41. The zero-order valence-corrected chi connectivity index (χ0v) is 10.7. The molecule has 2 unspecified atom stereocenters. The maximum Gasteiger partial charge on any atom is 0.0780 e. The van der Waals surface area contributed by atoms with Gasteiger partial charge in [0.2, 0.25) is 0 Å². The zero-order chi connectivity index (χ0) is 11.5. The summed E-state index contributed by atoms with van der Waals surface area (Å²) in [7, 11) is 0. The number of hydrogen-bond acceptors (Lipinski definition) is 2. The van der Waals surface area contributed by atoms with Gasteiger partial charge >= 0.3 is 0 Å². The van der Waals surface area contributed by atoms with Crippen LogP contribution in [0.5, 0.6) is 0 Å². The molecule has 1 heterocycles. The highest BCUT2D eigenvalue weighted by molar-refractivity contribution is 6.32. The molecule has 1 aliphatic heterocycles. The molecule has 0 aromatic rings. The maximum atomic E-state index is 4.89. The van der Waals surface area contributed by atoms with Crippen LogP contribution in [0.25, 0.3) is 0 Å². The van der Waals surface area contributed by atoms with E-state index in [1.807, 2.05) is 6.21 Å². The van der Waals surface area contributed by atoms with Gasteiger partial charge < -0.3 is 0 Å². The molecule has 2 heteroatoms. The smallest absolute Gasteiger partial charge is 0.0780 e. The molecule has 15 heavy (non-hydrogen) atoms. The predicted octanol–water partition coefficient (Wildman–Crippen LogP) is 3.36. The molecule has 0 saturated carbocycles. The van der Waals surface area contributed by atoms with Gasteiger partial charge in [-0.2, -0.15) is 0 Å². The van der Waals surface area contributed by atoms with E-state index in [9.17, 15) is 0 Å². The van der Waals surface area contributed by atoms with E-state index in [0.717, 1.165) is 19.4 Å². The van der Waals surface area contributed by atoms with Crippen LogP contribution in [0.1, 0.15) is 47.5 Å². The summed E-state index contributed by atoms with van der Waals surface area (Å²) < 4.78 is 0. The molecule has 1 aliphatic rings. The first-order valence-corrected chi connectivity index (χ1v) is 6.06. The lowest BCUT2D eigenvalue weighted by Crippen LogP contribution is -2.34. The van der Waals surface area contributed by atoms with Crippen molar-refractivity contribution in [3.05, 3.63) is 0 Å². The Kier molecular flexibility index (Phi) is 4.06. The number of aliphatic imine (C=N–C) groups is 2. The SMILES string of the molecule is CCC(C)C1=NC(C)(CC(C)C)CN=C1. The zero-order valence-electron chi connectivity index (χ0n) is 10.7. The molecule has 0 aromatic heterocycles. The summed E-state index contributed by atoms with van der Waals surface area (Å²) >= 11 is 0. The molecule has 2 nitrogen and oxygen atoms in total. The standard InChI is InChI=1S/C13H24N2/c1-6-11(4)12-8-14-9-13(5,15-12)7-10(2)3/h8,10-11H,6-7,9H2,1-5H3. The van der Waals surface area contributed by atoms with Crippen LogP contribution in [-0.2, 0) is 0 Å². The van der Waals surface area contributed by atoms with Gasteiger partial charge in [0.1, 0.15) is 0 Å². The van der Waals surface area contributed by atoms with E-state index in [-0.39, 0.29) is 5.54 Å². The minimum atomic E-state index is 0.0433. The molecule has 86 valence electrons. The lowest BCUT2D eigenvalue weighted by Gasteiger charge is -2.30. The molecular formula is C13H24N2. The third-order valence-corrected chi connectivity index (χ3v) is 3.02. The first-order chi connectivity index (χ1) is 6.97. The largest absolute Gasteiger partial charge is 0.289 e. The topological polar surface area (TPSA) is 24.7 Å². The van der Waals surface area contributed by atoms with Crippen molar-refractivity contribution in [2.75, 3.05) is 6.54 Å². The Balaban J connectivity index is 2.78. The lowest BCUT2D eigenvalue weighted by atomic mass is 9.89. The Morgan fingerprint density at radius 2 is 2.07 bits per heavy atom. The summed E-state index contributed by atoms with van der Waals surface area (Å²) in [5.41, 5.74) is 1.23.